The predicted molar refractivity (Wildman–Crippen MR) is 64.0 cm³/mol. The molecule has 0 aliphatic rings. The maximum Gasteiger partial charge on any atom is 0.0653 e. The molecular weight excluding hydrogens is 172 g/mol. The lowest BCUT2D eigenvalue weighted by Gasteiger charge is -2.23. The molecule has 0 saturated heterocycles. The molecule has 2 N–H and O–H groups in total. The summed E-state index contributed by atoms with van der Waals surface area (Å²) in [5.41, 5.74) is 6.97. The Labute approximate surface area is 89.2 Å². The van der Waals surface area contributed by atoms with Crippen molar-refractivity contribution in [2.45, 2.75) is 52.9 Å². The average Bonchev–Trinajstić information content (AvgIpc) is 2.22. The highest BCUT2D eigenvalue weighted by Gasteiger charge is 2.00. The summed E-state index contributed by atoms with van der Waals surface area (Å²) in [7, 11) is 0. The van der Waals surface area contributed by atoms with Crippen LogP contribution in [0.25, 0.3) is 0 Å². The molecule has 14 heavy (non-hydrogen) atoms. The second-order valence-electron chi connectivity index (χ2n) is 3.79. The van der Waals surface area contributed by atoms with Crippen LogP contribution in [0.3, 0.4) is 0 Å². The van der Waals surface area contributed by atoms with Crippen LogP contribution in [0, 0.1) is 0 Å². The summed E-state index contributed by atoms with van der Waals surface area (Å²) in [6.45, 7) is 8.18. The zero-order valence-corrected chi connectivity index (χ0v) is 10.1. The topological polar surface area (TPSA) is 29.3 Å². The first-order valence-corrected chi connectivity index (χ1v) is 5.84. The minimum atomic E-state index is 0.643. The van der Waals surface area contributed by atoms with E-state index in [1.165, 1.54) is 37.8 Å². The molecule has 0 bridgehead atoms. The smallest absolute Gasteiger partial charge is 0.0653 e. The van der Waals surface area contributed by atoms with Gasteiger partial charge < -0.3 is 10.6 Å². The summed E-state index contributed by atoms with van der Waals surface area (Å²) in [5, 5.41) is 0. The summed E-state index contributed by atoms with van der Waals surface area (Å²) in [6, 6.07) is 0. The fraction of sp³-hybridized carbons (Fsp3) is 0.833. The molecule has 84 valence electrons. The first-order valence-electron chi connectivity index (χ1n) is 5.84. The van der Waals surface area contributed by atoms with Gasteiger partial charge in [0.1, 0.15) is 0 Å². The van der Waals surface area contributed by atoms with Crippen LogP contribution in [-0.2, 0) is 0 Å². The third-order valence-electron chi connectivity index (χ3n) is 2.67. The summed E-state index contributed by atoms with van der Waals surface area (Å²) in [5.74, 6) is 0. The van der Waals surface area contributed by atoms with Gasteiger partial charge in [0, 0.05) is 12.2 Å². The normalized spacial score (nSPS) is 11.9. The van der Waals surface area contributed by atoms with Gasteiger partial charge in [0.2, 0.25) is 0 Å². The SMILES string of the molecule is C/C=C(\C)N(CN)CCCCCCC. The monoisotopic (exact) mass is 198 g/mol. The lowest BCUT2D eigenvalue weighted by atomic mass is 10.1. The second-order valence-corrected chi connectivity index (χ2v) is 3.79. The Hall–Kier alpha value is -0.500. The Morgan fingerprint density at radius 3 is 2.36 bits per heavy atom. The summed E-state index contributed by atoms with van der Waals surface area (Å²) >= 11 is 0. The van der Waals surface area contributed by atoms with E-state index in [1.54, 1.807) is 0 Å². The molecule has 0 aromatic carbocycles. The van der Waals surface area contributed by atoms with Crippen molar-refractivity contribution in [1.82, 2.24) is 4.90 Å². The summed E-state index contributed by atoms with van der Waals surface area (Å²) in [4.78, 5) is 2.24. The third kappa shape index (κ3) is 6.03. The molecule has 0 fully saturated rings. The van der Waals surface area contributed by atoms with Crippen LogP contribution < -0.4 is 5.73 Å². The van der Waals surface area contributed by atoms with E-state index in [0.717, 1.165) is 6.54 Å². The van der Waals surface area contributed by atoms with Gasteiger partial charge in [-0.15, -0.1) is 0 Å². The lowest BCUT2D eigenvalue weighted by molar-refractivity contribution is 0.342. The molecule has 2 heteroatoms. The molecule has 0 aliphatic heterocycles. The van der Waals surface area contributed by atoms with E-state index < -0.39 is 0 Å². The van der Waals surface area contributed by atoms with Gasteiger partial charge in [0.15, 0.2) is 0 Å². The van der Waals surface area contributed by atoms with E-state index in [-0.39, 0.29) is 0 Å². The van der Waals surface area contributed by atoms with Crippen LogP contribution >= 0.6 is 0 Å². The van der Waals surface area contributed by atoms with Crippen molar-refractivity contribution in [2.24, 2.45) is 5.73 Å². The Morgan fingerprint density at radius 1 is 1.21 bits per heavy atom. The highest BCUT2D eigenvalue weighted by molar-refractivity contribution is 4.94. The van der Waals surface area contributed by atoms with E-state index in [9.17, 15) is 0 Å². The van der Waals surface area contributed by atoms with Gasteiger partial charge in [-0.3, -0.25) is 0 Å². The standard InChI is InChI=1S/C12H26N2/c1-4-6-7-8-9-10-14(11-13)12(3)5-2/h5H,4,6-11,13H2,1-3H3/b12-5+. The molecule has 0 rings (SSSR count). The van der Waals surface area contributed by atoms with Gasteiger partial charge in [-0.2, -0.15) is 0 Å². The third-order valence-corrected chi connectivity index (χ3v) is 2.67. The molecule has 0 atom stereocenters. The summed E-state index contributed by atoms with van der Waals surface area (Å²) in [6.07, 6.45) is 8.77. The summed E-state index contributed by atoms with van der Waals surface area (Å²) < 4.78 is 0. The number of nitrogens with two attached hydrogens (primary N) is 1. The molecule has 0 aromatic rings. The van der Waals surface area contributed by atoms with Crippen molar-refractivity contribution in [2.75, 3.05) is 13.2 Å². The van der Waals surface area contributed by atoms with Crippen molar-refractivity contribution >= 4 is 0 Å². The first kappa shape index (κ1) is 13.5. The van der Waals surface area contributed by atoms with Crippen molar-refractivity contribution in [3.63, 3.8) is 0 Å². The minimum absolute atomic E-state index is 0.643. The van der Waals surface area contributed by atoms with Crippen molar-refractivity contribution in [3.05, 3.63) is 11.8 Å². The maximum absolute atomic E-state index is 5.68. The Bertz CT molecular complexity index is 152. The fourth-order valence-electron chi connectivity index (χ4n) is 1.50. The van der Waals surface area contributed by atoms with E-state index in [4.69, 9.17) is 5.73 Å². The van der Waals surface area contributed by atoms with Gasteiger partial charge in [0.25, 0.3) is 0 Å². The molecule has 0 aliphatic carbocycles. The van der Waals surface area contributed by atoms with Crippen LogP contribution in [0.4, 0.5) is 0 Å². The molecule has 2 nitrogen and oxygen atoms in total. The fourth-order valence-corrected chi connectivity index (χ4v) is 1.50. The molecule has 0 saturated carbocycles. The minimum Gasteiger partial charge on any atom is -0.363 e. The molecule has 0 unspecified atom stereocenters. The highest BCUT2D eigenvalue weighted by Crippen LogP contribution is 2.07. The zero-order valence-electron chi connectivity index (χ0n) is 10.1. The second kappa shape index (κ2) is 9.07. The number of unbranched alkanes of at least 4 members (excludes halogenated alkanes) is 4. The number of nitrogens with zero attached hydrogens (tertiary/aromatic N) is 1. The average molecular weight is 198 g/mol. The van der Waals surface area contributed by atoms with Crippen molar-refractivity contribution in [3.8, 4) is 0 Å². The van der Waals surface area contributed by atoms with Crippen LogP contribution in [-0.4, -0.2) is 18.1 Å². The Balaban J connectivity index is 3.53. The largest absolute Gasteiger partial charge is 0.363 e. The lowest BCUT2D eigenvalue weighted by Crippen LogP contribution is -2.29. The van der Waals surface area contributed by atoms with Crippen LogP contribution in [0.1, 0.15) is 52.9 Å². The van der Waals surface area contributed by atoms with Gasteiger partial charge in [-0.05, 0) is 20.3 Å². The molecule has 0 heterocycles. The molecule has 0 spiro atoms. The van der Waals surface area contributed by atoms with E-state index in [2.05, 4.69) is 31.7 Å². The highest BCUT2D eigenvalue weighted by atomic mass is 15.2. The first-order chi connectivity index (χ1) is 6.76. The van der Waals surface area contributed by atoms with Crippen molar-refractivity contribution in [1.29, 1.82) is 0 Å². The van der Waals surface area contributed by atoms with Crippen LogP contribution in [0.2, 0.25) is 0 Å². The van der Waals surface area contributed by atoms with Gasteiger partial charge in [0.05, 0.1) is 6.67 Å². The number of hydrogen-bond donors (Lipinski definition) is 1. The van der Waals surface area contributed by atoms with Crippen LogP contribution in [0.15, 0.2) is 11.8 Å². The number of allylic oxidation sites excluding steroid dienone is 2. The molecular formula is C12H26N2. The molecule has 0 radical (unpaired) electrons. The zero-order chi connectivity index (χ0) is 10.8. The van der Waals surface area contributed by atoms with E-state index in [1.807, 2.05) is 0 Å². The Kier molecular flexibility index (Phi) is 8.75. The Morgan fingerprint density at radius 2 is 1.86 bits per heavy atom. The molecule has 0 amide bonds. The van der Waals surface area contributed by atoms with Crippen molar-refractivity contribution < 1.29 is 0 Å². The van der Waals surface area contributed by atoms with Gasteiger partial charge >= 0.3 is 0 Å². The van der Waals surface area contributed by atoms with E-state index >= 15 is 0 Å². The maximum atomic E-state index is 5.68. The number of hydrogen-bond acceptors (Lipinski definition) is 2. The van der Waals surface area contributed by atoms with Crippen LogP contribution in [0.5, 0.6) is 0 Å². The predicted octanol–water partition coefficient (Wildman–Crippen LogP) is 3.10. The van der Waals surface area contributed by atoms with Gasteiger partial charge in [-0.1, -0.05) is 38.7 Å². The number of rotatable bonds is 8. The van der Waals surface area contributed by atoms with Gasteiger partial charge in [-0.25, -0.2) is 0 Å². The molecule has 0 aromatic heterocycles. The quantitative estimate of drug-likeness (QED) is 0.479. The van der Waals surface area contributed by atoms with E-state index in [0.29, 0.717) is 6.67 Å².